The Bertz CT molecular complexity index is 731. The van der Waals surface area contributed by atoms with E-state index in [1.807, 2.05) is 0 Å². The molecule has 2 rings (SSSR count). The summed E-state index contributed by atoms with van der Waals surface area (Å²) in [4.78, 5) is 35.5. The lowest BCUT2D eigenvalue weighted by atomic mass is 10.0. The summed E-state index contributed by atoms with van der Waals surface area (Å²) in [5, 5.41) is 5.04. The van der Waals surface area contributed by atoms with Crippen LogP contribution in [0.15, 0.2) is 33.9 Å². The lowest BCUT2D eigenvalue weighted by Gasteiger charge is -2.26. The van der Waals surface area contributed by atoms with Gasteiger partial charge >= 0.3 is 18.0 Å². The number of aryl methyl sites for hydroxylation is 1. The molecular weight excluding hydrogens is 328 g/mol. The van der Waals surface area contributed by atoms with E-state index < -0.39 is 24.0 Å². The van der Waals surface area contributed by atoms with Crippen LogP contribution in [0.2, 0.25) is 0 Å². The second kappa shape index (κ2) is 8.18. The Morgan fingerprint density at radius 2 is 2.08 bits per heavy atom. The third-order valence-electron chi connectivity index (χ3n) is 3.37. The van der Waals surface area contributed by atoms with E-state index in [9.17, 15) is 14.4 Å². The lowest BCUT2D eigenvalue weighted by Crippen LogP contribution is -2.50. The predicted molar refractivity (Wildman–Crippen MR) is 88.2 cm³/mol. The summed E-state index contributed by atoms with van der Waals surface area (Å²) in [6.45, 7) is 5.05. The number of urea groups is 1. The molecule has 0 aliphatic carbocycles. The number of hydrogen-bond donors (Lipinski definition) is 2. The fourth-order valence-corrected chi connectivity index (χ4v) is 2.28. The van der Waals surface area contributed by atoms with Crippen molar-refractivity contribution in [3.63, 3.8) is 0 Å². The van der Waals surface area contributed by atoms with E-state index in [0.717, 1.165) is 5.76 Å². The van der Waals surface area contributed by atoms with Gasteiger partial charge in [-0.25, -0.2) is 14.4 Å². The highest BCUT2D eigenvalue weighted by Crippen LogP contribution is 2.15. The second-order valence-electron chi connectivity index (χ2n) is 5.32. The van der Waals surface area contributed by atoms with Gasteiger partial charge < -0.3 is 24.5 Å². The molecule has 1 aliphatic rings. The molecule has 2 N–H and O–H groups in total. The number of hydrogen-bond acceptors (Lipinski definition) is 6. The number of furan rings is 1. The number of rotatable bonds is 6. The number of nitrogens with one attached hydrogen (secondary N) is 2. The molecule has 2 heterocycles. The molecule has 8 nitrogen and oxygen atoms in total. The van der Waals surface area contributed by atoms with Crippen LogP contribution in [0.25, 0.3) is 6.08 Å². The van der Waals surface area contributed by atoms with Crippen LogP contribution in [0.5, 0.6) is 0 Å². The molecule has 2 amide bonds. The van der Waals surface area contributed by atoms with E-state index >= 15 is 0 Å². The summed E-state index contributed by atoms with van der Waals surface area (Å²) in [6, 6.07) is 2.46. The topological polar surface area (TPSA) is 107 Å². The Hall–Kier alpha value is -3.03. The average molecular weight is 348 g/mol. The van der Waals surface area contributed by atoms with Gasteiger partial charge in [0.1, 0.15) is 18.1 Å². The van der Waals surface area contributed by atoms with Crippen LogP contribution in [0, 0.1) is 6.92 Å². The number of ether oxygens (including phenoxy) is 2. The van der Waals surface area contributed by atoms with Crippen LogP contribution in [0.3, 0.4) is 0 Å². The van der Waals surface area contributed by atoms with Crippen LogP contribution in [0.4, 0.5) is 4.79 Å². The molecule has 1 atom stereocenters. The van der Waals surface area contributed by atoms with Gasteiger partial charge in [-0.1, -0.05) is 0 Å². The molecule has 0 saturated carbocycles. The first-order valence-electron chi connectivity index (χ1n) is 7.79. The van der Waals surface area contributed by atoms with E-state index in [1.54, 1.807) is 32.9 Å². The lowest BCUT2D eigenvalue weighted by molar-refractivity contribution is -0.140. The summed E-state index contributed by atoms with van der Waals surface area (Å²) >= 11 is 0. The quantitative estimate of drug-likeness (QED) is 0.598. The zero-order valence-electron chi connectivity index (χ0n) is 14.3. The summed E-state index contributed by atoms with van der Waals surface area (Å²) in [6.07, 6.45) is 2.68. The molecular formula is C17H20N2O6. The van der Waals surface area contributed by atoms with Crippen molar-refractivity contribution in [1.82, 2.24) is 10.6 Å². The third-order valence-corrected chi connectivity index (χ3v) is 3.37. The normalized spacial score (nSPS) is 17.2. The van der Waals surface area contributed by atoms with Crippen molar-refractivity contribution in [3.8, 4) is 0 Å². The zero-order chi connectivity index (χ0) is 18.4. The standard InChI is InChI=1S/C17H20N2O6/c1-4-23-16(21)15-11(3)18-17(22)19-13(15)9-24-14(20)8-7-12-6-5-10(2)25-12/h5-8,11H,4,9H2,1-3H3,(H2,18,19,22)/b8-7+/t11-/m0/s1. The fourth-order valence-electron chi connectivity index (χ4n) is 2.28. The maximum Gasteiger partial charge on any atom is 0.338 e. The molecule has 0 saturated heterocycles. The molecule has 0 bridgehead atoms. The van der Waals surface area contributed by atoms with Crippen LogP contribution in [-0.4, -0.2) is 37.2 Å². The number of amides is 2. The first-order chi connectivity index (χ1) is 11.9. The molecule has 1 aliphatic heterocycles. The predicted octanol–water partition coefficient (Wildman–Crippen LogP) is 1.66. The van der Waals surface area contributed by atoms with Crippen LogP contribution in [-0.2, 0) is 19.1 Å². The summed E-state index contributed by atoms with van der Waals surface area (Å²) in [5.74, 6) is 0.0358. The molecule has 0 unspecified atom stereocenters. The van der Waals surface area contributed by atoms with Gasteiger partial charge in [0, 0.05) is 6.08 Å². The van der Waals surface area contributed by atoms with Crippen LogP contribution >= 0.6 is 0 Å². The highest BCUT2D eigenvalue weighted by Gasteiger charge is 2.30. The van der Waals surface area contributed by atoms with Crippen molar-refractivity contribution in [2.75, 3.05) is 13.2 Å². The molecule has 8 heteroatoms. The van der Waals surface area contributed by atoms with Crippen LogP contribution in [0.1, 0.15) is 25.4 Å². The molecule has 25 heavy (non-hydrogen) atoms. The Morgan fingerprint density at radius 1 is 1.32 bits per heavy atom. The van der Waals surface area contributed by atoms with Crippen molar-refractivity contribution in [2.24, 2.45) is 0 Å². The van der Waals surface area contributed by atoms with Crippen molar-refractivity contribution < 1.29 is 28.3 Å². The van der Waals surface area contributed by atoms with Crippen molar-refractivity contribution in [1.29, 1.82) is 0 Å². The molecule has 1 aromatic rings. The SMILES string of the molecule is CCOC(=O)C1=C(COC(=O)/C=C/c2ccc(C)o2)NC(=O)N[C@H]1C. The Balaban J connectivity index is 2.05. The minimum atomic E-state index is -0.634. The second-order valence-corrected chi connectivity index (χ2v) is 5.32. The largest absolute Gasteiger partial charge is 0.463 e. The van der Waals surface area contributed by atoms with Gasteiger partial charge in [-0.05, 0) is 39.0 Å². The number of carbonyl (C=O) groups excluding carboxylic acids is 3. The summed E-state index contributed by atoms with van der Waals surface area (Å²) in [5.41, 5.74) is 0.421. The molecule has 1 aromatic heterocycles. The Morgan fingerprint density at radius 3 is 2.72 bits per heavy atom. The smallest absolute Gasteiger partial charge is 0.338 e. The van der Waals surface area contributed by atoms with Gasteiger partial charge in [-0.2, -0.15) is 0 Å². The first-order valence-corrected chi connectivity index (χ1v) is 7.79. The number of esters is 2. The van der Waals surface area contributed by atoms with Gasteiger partial charge in [0.15, 0.2) is 0 Å². The van der Waals surface area contributed by atoms with Crippen molar-refractivity contribution in [3.05, 3.63) is 41.0 Å². The molecule has 0 radical (unpaired) electrons. The Labute approximate surface area is 144 Å². The van der Waals surface area contributed by atoms with E-state index in [0.29, 0.717) is 5.76 Å². The zero-order valence-corrected chi connectivity index (χ0v) is 14.3. The Kier molecular flexibility index (Phi) is 5.99. The van der Waals surface area contributed by atoms with E-state index in [-0.39, 0.29) is 24.5 Å². The highest BCUT2D eigenvalue weighted by atomic mass is 16.5. The van der Waals surface area contributed by atoms with Gasteiger partial charge in [0.25, 0.3) is 0 Å². The summed E-state index contributed by atoms with van der Waals surface area (Å²) < 4.78 is 15.4. The van der Waals surface area contributed by atoms with Crippen molar-refractivity contribution >= 4 is 24.0 Å². The fraction of sp³-hybridized carbons (Fsp3) is 0.353. The van der Waals surface area contributed by atoms with E-state index in [4.69, 9.17) is 13.9 Å². The molecule has 134 valence electrons. The monoisotopic (exact) mass is 348 g/mol. The number of carbonyl (C=O) groups is 3. The van der Waals surface area contributed by atoms with Crippen molar-refractivity contribution in [2.45, 2.75) is 26.8 Å². The van der Waals surface area contributed by atoms with Gasteiger partial charge in [0.05, 0.1) is 23.9 Å². The third kappa shape index (κ3) is 4.97. The average Bonchev–Trinajstić information content (AvgIpc) is 2.96. The molecule has 0 fully saturated rings. The summed E-state index contributed by atoms with van der Waals surface area (Å²) in [7, 11) is 0. The molecule has 0 spiro atoms. The van der Waals surface area contributed by atoms with E-state index in [2.05, 4.69) is 10.6 Å². The highest BCUT2D eigenvalue weighted by molar-refractivity contribution is 5.95. The first kappa shape index (κ1) is 18.3. The minimum absolute atomic E-state index is 0.196. The maximum atomic E-state index is 12.0. The van der Waals surface area contributed by atoms with Gasteiger partial charge in [-0.15, -0.1) is 0 Å². The van der Waals surface area contributed by atoms with Gasteiger partial charge in [-0.3, -0.25) is 0 Å². The van der Waals surface area contributed by atoms with E-state index in [1.165, 1.54) is 12.2 Å². The molecule has 0 aromatic carbocycles. The maximum absolute atomic E-state index is 12.0. The minimum Gasteiger partial charge on any atom is -0.463 e. The van der Waals surface area contributed by atoms with Crippen LogP contribution < -0.4 is 10.6 Å². The van der Waals surface area contributed by atoms with Gasteiger partial charge in [0.2, 0.25) is 0 Å².